The molecular formula is C13H18ClN3O2. The SMILES string of the molecule is Nc1cnc(Cl)cc1C(=O)NC1CCCCCC1O. The van der Waals surface area contributed by atoms with Crippen LogP contribution in [0.15, 0.2) is 12.3 Å². The Labute approximate surface area is 117 Å². The third kappa shape index (κ3) is 3.58. The van der Waals surface area contributed by atoms with Crippen molar-refractivity contribution in [2.45, 2.75) is 44.2 Å². The lowest BCUT2D eigenvalue weighted by molar-refractivity contribution is 0.0819. The molecule has 0 radical (unpaired) electrons. The number of nitrogens with one attached hydrogen (secondary N) is 1. The molecule has 1 saturated carbocycles. The van der Waals surface area contributed by atoms with Crippen molar-refractivity contribution in [3.63, 3.8) is 0 Å². The van der Waals surface area contributed by atoms with Gasteiger partial charge in [0, 0.05) is 0 Å². The number of rotatable bonds is 2. The average molecular weight is 284 g/mol. The van der Waals surface area contributed by atoms with E-state index < -0.39 is 6.10 Å². The summed E-state index contributed by atoms with van der Waals surface area (Å²) < 4.78 is 0. The fourth-order valence-electron chi connectivity index (χ4n) is 2.34. The van der Waals surface area contributed by atoms with Gasteiger partial charge in [-0.05, 0) is 18.9 Å². The number of hydrogen-bond acceptors (Lipinski definition) is 4. The van der Waals surface area contributed by atoms with Crippen LogP contribution in [0.5, 0.6) is 0 Å². The Morgan fingerprint density at radius 3 is 2.95 bits per heavy atom. The number of nitrogen functional groups attached to an aromatic ring is 1. The molecule has 1 aromatic heterocycles. The molecule has 1 fully saturated rings. The monoisotopic (exact) mass is 283 g/mol. The molecule has 5 nitrogen and oxygen atoms in total. The molecule has 0 aromatic carbocycles. The van der Waals surface area contributed by atoms with Gasteiger partial charge in [0.1, 0.15) is 5.15 Å². The van der Waals surface area contributed by atoms with E-state index in [4.69, 9.17) is 17.3 Å². The second-order valence-corrected chi connectivity index (χ2v) is 5.27. The van der Waals surface area contributed by atoms with Crippen molar-refractivity contribution in [3.8, 4) is 0 Å². The Hall–Kier alpha value is -1.33. The number of carbonyl (C=O) groups excluding carboxylic acids is 1. The van der Waals surface area contributed by atoms with Gasteiger partial charge in [0.25, 0.3) is 5.91 Å². The van der Waals surface area contributed by atoms with Crippen molar-refractivity contribution in [1.29, 1.82) is 0 Å². The molecule has 1 aliphatic carbocycles. The smallest absolute Gasteiger partial charge is 0.253 e. The number of carbonyl (C=O) groups is 1. The molecule has 2 atom stereocenters. The Balaban J connectivity index is 2.09. The summed E-state index contributed by atoms with van der Waals surface area (Å²) in [7, 11) is 0. The Kier molecular flexibility index (Phi) is 4.61. The van der Waals surface area contributed by atoms with Crippen LogP contribution in [0.1, 0.15) is 42.5 Å². The first-order chi connectivity index (χ1) is 9.08. The number of nitrogens with two attached hydrogens (primary N) is 1. The maximum absolute atomic E-state index is 12.2. The summed E-state index contributed by atoms with van der Waals surface area (Å²) >= 11 is 5.76. The number of halogens is 1. The van der Waals surface area contributed by atoms with Crippen LogP contribution in [0.25, 0.3) is 0 Å². The van der Waals surface area contributed by atoms with Gasteiger partial charge in [0.05, 0.1) is 29.6 Å². The van der Waals surface area contributed by atoms with Gasteiger partial charge < -0.3 is 16.2 Å². The van der Waals surface area contributed by atoms with Crippen LogP contribution >= 0.6 is 11.6 Å². The Morgan fingerprint density at radius 1 is 1.42 bits per heavy atom. The molecule has 0 spiro atoms. The van der Waals surface area contributed by atoms with Crippen LogP contribution < -0.4 is 11.1 Å². The first-order valence-corrected chi connectivity index (χ1v) is 6.85. The van der Waals surface area contributed by atoms with E-state index in [1.54, 1.807) is 0 Å². The maximum atomic E-state index is 12.2. The molecular weight excluding hydrogens is 266 g/mol. The first kappa shape index (κ1) is 14.1. The van der Waals surface area contributed by atoms with E-state index in [-0.39, 0.29) is 22.8 Å². The Morgan fingerprint density at radius 2 is 2.16 bits per heavy atom. The first-order valence-electron chi connectivity index (χ1n) is 6.48. The second-order valence-electron chi connectivity index (χ2n) is 4.88. The van der Waals surface area contributed by atoms with E-state index in [0.717, 1.165) is 32.1 Å². The highest BCUT2D eigenvalue weighted by Crippen LogP contribution is 2.20. The summed E-state index contributed by atoms with van der Waals surface area (Å²) in [6.07, 6.45) is 5.46. The van der Waals surface area contributed by atoms with E-state index in [9.17, 15) is 9.90 Å². The predicted octanol–water partition coefficient (Wildman–Crippen LogP) is 1.74. The molecule has 1 heterocycles. The second kappa shape index (κ2) is 6.21. The molecule has 0 aliphatic heterocycles. The minimum absolute atomic E-state index is 0.221. The van der Waals surface area contributed by atoms with Crippen molar-refractivity contribution >= 4 is 23.2 Å². The van der Waals surface area contributed by atoms with Gasteiger partial charge in [0.2, 0.25) is 0 Å². The maximum Gasteiger partial charge on any atom is 0.253 e. The van der Waals surface area contributed by atoms with Gasteiger partial charge in [-0.2, -0.15) is 0 Å². The van der Waals surface area contributed by atoms with Crippen LogP contribution in [0, 0.1) is 0 Å². The molecule has 6 heteroatoms. The third-order valence-corrected chi connectivity index (χ3v) is 3.65. The minimum Gasteiger partial charge on any atom is -0.397 e. The lowest BCUT2D eigenvalue weighted by Gasteiger charge is -2.22. The molecule has 2 unspecified atom stereocenters. The molecule has 1 aliphatic rings. The van der Waals surface area contributed by atoms with Crippen LogP contribution in [-0.4, -0.2) is 28.1 Å². The van der Waals surface area contributed by atoms with Crippen molar-refractivity contribution in [1.82, 2.24) is 10.3 Å². The number of pyridine rings is 1. The summed E-state index contributed by atoms with van der Waals surface area (Å²) in [6.45, 7) is 0. The number of aliphatic hydroxyl groups excluding tert-OH is 1. The summed E-state index contributed by atoms with van der Waals surface area (Å²) in [5, 5.41) is 13.0. The quantitative estimate of drug-likeness (QED) is 0.570. The van der Waals surface area contributed by atoms with E-state index in [1.807, 2.05) is 0 Å². The van der Waals surface area contributed by atoms with Gasteiger partial charge in [-0.25, -0.2) is 4.98 Å². The average Bonchev–Trinajstić information content (AvgIpc) is 2.58. The highest BCUT2D eigenvalue weighted by Gasteiger charge is 2.24. The zero-order valence-electron chi connectivity index (χ0n) is 10.6. The lowest BCUT2D eigenvalue weighted by Crippen LogP contribution is -2.42. The van der Waals surface area contributed by atoms with Crippen molar-refractivity contribution in [3.05, 3.63) is 23.0 Å². The van der Waals surface area contributed by atoms with Crippen molar-refractivity contribution < 1.29 is 9.90 Å². The molecule has 2 rings (SSSR count). The fourth-order valence-corrected chi connectivity index (χ4v) is 2.50. The van der Waals surface area contributed by atoms with Gasteiger partial charge in [-0.3, -0.25) is 4.79 Å². The van der Waals surface area contributed by atoms with Crippen LogP contribution in [0.2, 0.25) is 5.15 Å². The summed E-state index contributed by atoms with van der Waals surface area (Å²) in [4.78, 5) is 16.0. The van der Waals surface area contributed by atoms with Crippen LogP contribution in [0.4, 0.5) is 5.69 Å². The highest BCUT2D eigenvalue weighted by atomic mass is 35.5. The summed E-state index contributed by atoms with van der Waals surface area (Å²) in [6, 6.07) is 1.22. The molecule has 19 heavy (non-hydrogen) atoms. The van der Waals surface area contributed by atoms with Gasteiger partial charge in [-0.15, -0.1) is 0 Å². The third-order valence-electron chi connectivity index (χ3n) is 3.44. The number of aromatic nitrogens is 1. The normalized spacial score (nSPS) is 23.7. The highest BCUT2D eigenvalue weighted by molar-refractivity contribution is 6.29. The molecule has 0 saturated heterocycles. The molecule has 1 amide bonds. The summed E-state index contributed by atoms with van der Waals surface area (Å²) in [5.41, 5.74) is 6.30. The number of anilines is 1. The standard InChI is InChI=1S/C13H18ClN3O2/c14-12-6-8(9(15)7-16-12)13(19)17-10-4-2-1-3-5-11(10)18/h6-7,10-11,18H,1-5,15H2,(H,17,19). The zero-order chi connectivity index (χ0) is 13.8. The molecule has 1 aromatic rings. The number of nitrogens with zero attached hydrogens (tertiary/aromatic N) is 1. The van der Waals surface area contributed by atoms with E-state index >= 15 is 0 Å². The molecule has 104 valence electrons. The molecule has 0 bridgehead atoms. The fraction of sp³-hybridized carbons (Fsp3) is 0.538. The number of hydrogen-bond donors (Lipinski definition) is 3. The van der Waals surface area contributed by atoms with Gasteiger partial charge >= 0.3 is 0 Å². The van der Waals surface area contributed by atoms with Crippen molar-refractivity contribution in [2.24, 2.45) is 0 Å². The van der Waals surface area contributed by atoms with Crippen LogP contribution in [-0.2, 0) is 0 Å². The number of amides is 1. The lowest BCUT2D eigenvalue weighted by atomic mass is 10.1. The number of aliphatic hydroxyl groups is 1. The van der Waals surface area contributed by atoms with Gasteiger partial charge in [-0.1, -0.05) is 30.9 Å². The van der Waals surface area contributed by atoms with Gasteiger partial charge in [0.15, 0.2) is 0 Å². The van der Waals surface area contributed by atoms with Crippen LogP contribution in [0.3, 0.4) is 0 Å². The van der Waals surface area contributed by atoms with E-state index in [0.29, 0.717) is 5.56 Å². The predicted molar refractivity (Wildman–Crippen MR) is 74.0 cm³/mol. The summed E-state index contributed by atoms with van der Waals surface area (Å²) in [5.74, 6) is -0.312. The Bertz CT molecular complexity index is 467. The van der Waals surface area contributed by atoms with Crippen molar-refractivity contribution in [2.75, 3.05) is 5.73 Å². The van der Waals surface area contributed by atoms with E-state index in [2.05, 4.69) is 10.3 Å². The van der Waals surface area contributed by atoms with E-state index in [1.165, 1.54) is 12.3 Å². The zero-order valence-corrected chi connectivity index (χ0v) is 11.4. The topological polar surface area (TPSA) is 88.2 Å². The minimum atomic E-state index is -0.495. The molecule has 4 N–H and O–H groups in total. The largest absolute Gasteiger partial charge is 0.397 e.